The highest BCUT2D eigenvalue weighted by Gasteiger charge is 2.22. The van der Waals surface area contributed by atoms with Crippen molar-refractivity contribution in [3.05, 3.63) is 41.0 Å². The smallest absolute Gasteiger partial charge is 0.319 e. The van der Waals surface area contributed by atoms with Gasteiger partial charge in [-0.05, 0) is 37.5 Å². The summed E-state index contributed by atoms with van der Waals surface area (Å²) < 4.78 is 2.06. The number of benzene rings is 1. The molecule has 1 unspecified atom stereocenters. The van der Waals surface area contributed by atoms with E-state index in [-0.39, 0.29) is 18.0 Å². The van der Waals surface area contributed by atoms with E-state index in [1.807, 2.05) is 19.1 Å². The van der Waals surface area contributed by atoms with Crippen molar-refractivity contribution in [2.45, 2.75) is 38.8 Å². The number of hydrogen-bond acceptors (Lipinski definition) is 4. The number of nitrogens with one attached hydrogen (secondary N) is 3. The Morgan fingerprint density at radius 3 is 3.08 bits per heavy atom. The number of urea groups is 1. The minimum Gasteiger partial charge on any atom is -0.352 e. The number of carbonyl (C=O) groups excluding carboxylic acids is 2. The van der Waals surface area contributed by atoms with Gasteiger partial charge in [0.05, 0.1) is 6.04 Å². The lowest BCUT2D eigenvalue weighted by atomic mass is 10.00. The number of aromatic nitrogens is 3. The van der Waals surface area contributed by atoms with Crippen molar-refractivity contribution in [1.82, 2.24) is 25.4 Å². The van der Waals surface area contributed by atoms with Crippen molar-refractivity contribution >= 4 is 17.6 Å². The summed E-state index contributed by atoms with van der Waals surface area (Å²) in [6.45, 7) is 3.43. The van der Waals surface area contributed by atoms with Gasteiger partial charge in [-0.15, -0.1) is 10.2 Å². The Morgan fingerprint density at radius 2 is 2.20 bits per heavy atom. The fourth-order valence-electron chi connectivity index (χ4n) is 3.41. The van der Waals surface area contributed by atoms with Crippen LogP contribution in [0.4, 0.5) is 10.5 Å². The first-order chi connectivity index (χ1) is 12.1. The normalized spacial score (nSPS) is 16.6. The van der Waals surface area contributed by atoms with Crippen LogP contribution in [0, 0.1) is 0 Å². The fraction of sp³-hybridized carbons (Fsp3) is 0.412. The first kappa shape index (κ1) is 15.6. The summed E-state index contributed by atoms with van der Waals surface area (Å²) in [4.78, 5) is 24.2. The van der Waals surface area contributed by atoms with Crippen molar-refractivity contribution < 1.29 is 9.59 Å². The largest absolute Gasteiger partial charge is 0.352 e. The van der Waals surface area contributed by atoms with E-state index in [1.54, 1.807) is 6.07 Å². The van der Waals surface area contributed by atoms with Gasteiger partial charge in [0.1, 0.15) is 5.82 Å². The monoisotopic (exact) mass is 340 g/mol. The predicted octanol–water partition coefficient (Wildman–Crippen LogP) is 1.39. The number of anilines is 1. The van der Waals surface area contributed by atoms with E-state index in [9.17, 15) is 9.59 Å². The summed E-state index contributed by atoms with van der Waals surface area (Å²) in [6.07, 6.45) is 2.81. The van der Waals surface area contributed by atoms with Crippen molar-refractivity contribution in [2.24, 2.45) is 0 Å². The highest BCUT2D eigenvalue weighted by atomic mass is 16.2. The molecule has 0 bridgehead atoms. The summed E-state index contributed by atoms with van der Waals surface area (Å²) in [5, 5.41) is 16.8. The number of carbonyl (C=O) groups is 2. The first-order valence-electron chi connectivity index (χ1n) is 8.52. The van der Waals surface area contributed by atoms with Crippen LogP contribution >= 0.6 is 0 Å². The zero-order valence-electron chi connectivity index (χ0n) is 14.0. The Morgan fingerprint density at radius 1 is 1.32 bits per heavy atom. The van der Waals surface area contributed by atoms with Crippen LogP contribution in [0.3, 0.4) is 0 Å². The average Bonchev–Trinajstić information content (AvgIpc) is 3.18. The maximum absolute atomic E-state index is 12.3. The summed E-state index contributed by atoms with van der Waals surface area (Å²) in [7, 11) is 0. The van der Waals surface area contributed by atoms with Crippen molar-refractivity contribution in [1.29, 1.82) is 0 Å². The van der Waals surface area contributed by atoms with Gasteiger partial charge in [-0.2, -0.15) is 0 Å². The summed E-state index contributed by atoms with van der Waals surface area (Å²) in [5.41, 5.74) is 2.21. The Balaban J connectivity index is 1.43. The van der Waals surface area contributed by atoms with E-state index in [0.29, 0.717) is 17.8 Å². The molecule has 1 atom stereocenters. The Hall–Kier alpha value is -2.90. The molecular weight excluding hydrogens is 320 g/mol. The van der Waals surface area contributed by atoms with Gasteiger partial charge in [-0.1, -0.05) is 6.07 Å². The molecule has 8 nitrogen and oxygen atoms in total. The minimum atomic E-state index is -0.334. The molecule has 2 aromatic rings. The van der Waals surface area contributed by atoms with E-state index < -0.39 is 0 Å². The molecule has 8 heteroatoms. The van der Waals surface area contributed by atoms with Gasteiger partial charge in [-0.3, -0.25) is 4.79 Å². The van der Waals surface area contributed by atoms with Crippen LogP contribution in [0.15, 0.2) is 18.2 Å². The van der Waals surface area contributed by atoms with E-state index >= 15 is 0 Å². The number of rotatable bonds is 3. The van der Waals surface area contributed by atoms with Crippen LogP contribution in [-0.2, 0) is 19.4 Å². The molecule has 0 fully saturated rings. The maximum atomic E-state index is 12.3. The topological polar surface area (TPSA) is 101 Å². The highest BCUT2D eigenvalue weighted by molar-refractivity contribution is 5.99. The highest BCUT2D eigenvalue weighted by Crippen LogP contribution is 2.21. The lowest BCUT2D eigenvalue weighted by molar-refractivity contribution is 0.0946. The van der Waals surface area contributed by atoms with Crippen LogP contribution in [0.25, 0.3) is 0 Å². The molecule has 3 heterocycles. The van der Waals surface area contributed by atoms with Crippen LogP contribution in [0.2, 0.25) is 0 Å². The third-order valence-corrected chi connectivity index (χ3v) is 4.67. The van der Waals surface area contributed by atoms with Gasteiger partial charge in [0, 0.05) is 30.8 Å². The molecule has 2 aliphatic heterocycles. The fourth-order valence-corrected chi connectivity index (χ4v) is 3.41. The average molecular weight is 340 g/mol. The first-order valence-corrected chi connectivity index (χ1v) is 8.52. The quantitative estimate of drug-likeness (QED) is 0.786. The number of fused-ring (bicyclic) bond motifs is 2. The molecule has 3 amide bonds. The molecule has 25 heavy (non-hydrogen) atoms. The second-order valence-corrected chi connectivity index (χ2v) is 6.43. The zero-order valence-corrected chi connectivity index (χ0v) is 14.0. The Kier molecular flexibility index (Phi) is 3.87. The number of nitrogens with zero attached hydrogens (tertiary/aromatic N) is 3. The van der Waals surface area contributed by atoms with Crippen LogP contribution in [0.1, 0.15) is 47.0 Å². The number of amides is 3. The minimum absolute atomic E-state index is 0.0994. The van der Waals surface area contributed by atoms with Gasteiger partial charge in [0.15, 0.2) is 5.82 Å². The lowest BCUT2D eigenvalue weighted by Gasteiger charge is -2.18. The van der Waals surface area contributed by atoms with Crippen LogP contribution < -0.4 is 16.0 Å². The zero-order chi connectivity index (χ0) is 17.4. The Labute approximate surface area is 145 Å². The van der Waals surface area contributed by atoms with Crippen LogP contribution in [-0.4, -0.2) is 33.2 Å². The molecule has 0 aliphatic carbocycles. The van der Waals surface area contributed by atoms with Gasteiger partial charge in [0.2, 0.25) is 0 Å². The molecular formula is C17H20N6O2. The number of aryl methyl sites for hydroxylation is 1. The van der Waals surface area contributed by atoms with E-state index in [0.717, 1.165) is 43.0 Å². The molecule has 130 valence electrons. The summed E-state index contributed by atoms with van der Waals surface area (Å²) >= 11 is 0. The van der Waals surface area contributed by atoms with Gasteiger partial charge in [-0.25, -0.2) is 4.79 Å². The molecule has 1 aromatic carbocycles. The predicted molar refractivity (Wildman–Crippen MR) is 91.4 cm³/mol. The van der Waals surface area contributed by atoms with E-state index in [2.05, 4.69) is 30.7 Å². The number of hydrogen-bond donors (Lipinski definition) is 3. The summed E-state index contributed by atoms with van der Waals surface area (Å²) in [6, 6.07) is 4.83. The van der Waals surface area contributed by atoms with Gasteiger partial charge in [0.25, 0.3) is 5.91 Å². The SMILES string of the molecule is CC(NC(=O)Nc1ccc2c(c1)C(=O)NCC2)c1nnc2n1CCC2. The van der Waals surface area contributed by atoms with Crippen molar-refractivity contribution in [3.8, 4) is 0 Å². The molecule has 2 aliphatic rings. The molecule has 1 aromatic heterocycles. The summed E-state index contributed by atoms with van der Waals surface area (Å²) in [5.74, 6) is 1.65. The molecule has 0 saturated carbocycles. The van der Waals surface area contributed by atoms with Crippen molar-refractivity contribution in [2.75, 3.05) is 11.9 Å². The standard InChI is InChI=1S/C17H20N6O2/c1-10(15-22-21-14-3-2-8-23(14)15)19-17(25)20-12-5-4-11-6-7-18-16(24)13(11)9-12/h4-5,9-10H,2-3,6-8H2,1H3,(H,18,24)(H2,19,20,25). The van der Waals surface area contributed by atoms with Crippen LogP contribution in [0.5, 0.6) is 0 Å². The second-order valence-electron chi connectivity index (χ2n) is 6.43. The molecule has 0 radical (unpaired) electrons. The van der Waals surface area contributed by atoms with E-state index in [1.165, 1.54) is 0 Å². The second kappa shape index (κ2) is 6.19. The Bertz CT molecular complexity index is 844. The third kappa shape index (κ3) is 2.95. The molecule has 0 spiro atoms. The maximum Gasteiger partial charge on any atom is 0.319 e. The van der Waals surface area contributed by atoms with Gasteiger partial charge < -0.3 is 20.5 Å². The molecule has 4 rings (SSSR count). The molecule has 3 N–H and O–H groups in total. The van der Waals surface area contributed by atoms with Crippen molar-refractivity contribution in [3.63, 3.8) is 0 Å². The van der Waals surface area contributed by atoms with Gasteiger partial charge >= 0.3 is 6.03 Å². The van der Waals surface area contributed by atoms with E-state index in [4.69, 9.17) is 0 Å². The lowest BCUT2D eigenvalue weighted by Crippen LogP contribution is -2.33. The third-order valence-electron chi connectivity index (χ3n) is 4.67. The molecule has 0 saturated heterocycles.